The van der Waals surface area contributed by atoms with E-state index in [0.717, 1.165) is 25.0 Å². The lowest BCUT2D eigenvalue weighted by atomic mass is 10.00. The molecule has 0 saturated heterocycles. The summed E-state index contributed by atoms with van der Waals surface area (Å²) in [5, 5.41) is 8.03. The van der Waals surface area contributed by atoms with Gasteiger partial charge in [0.1, 0.15) is 17.3 Å². The maximum Gasteiger partial charge on any atom is 0.416 e. The van der Waals surface area contributed by atoms with Crippen LogP contribution in [0.2, 0.25) is 0 Å². The van der Waals surface area contributed by atoms with Crippen molar-refractivity contribution >= 4 is 0 Å². The first kappa shape index (κ1) is 18.3. The van der Waals surface area contributed by atoms with Crippen molar-refractivity contribution in [2.45, 2.75) is 32.0 Å². The number of benzene rings is 1. The molecule has 0 spiro atoms. The van der Waals surface area contributed by atoms with Gasteiger partial charge in [-0.15, -0.1) is 5.10 Å². The average molecular weight is 393 g/mol. The number of H-pyrrole nitrogens is 1. The molecule has 1 aliphatic rings. The summed E-state index contributed by atoms with van der Waals surface area (Å²) in [4.78, 5) is 18.4. The third kappa shape index (κ3) is 3.54. The maximum absolute atomic E-state index is 14.5. The van der Waals surface area contributed by atoms with Gasteiger partial charge in [-0.3, -0.25) is 4.79 Å². The highest BCUT2D eigenvalue weighted by molar-refractivity contribution is 5.51. The maximum atomic E-state index is 14.5. The predicted octanol–water partition coefficient (Wildman–Crippen LogP) is 3.49. The van der Waals surface area contributed by atoms with Crippen LogP contribution in [-0.4, -0.2) is 25.0 Å². The molecule has 1 aliphatic carbocycles. The number of alkyl halides is 3. The van der Waals surface area contributed by atoms with Crippen LogP contribution in [0.25, 0.3) is 11.4 Å². The number of nitrogens with one attached hydrogen (secondary N) is 1. The highest BCUT2D eigenvalue weighted by Gasteiger charge is 2.38. The van der Waals surface area contributed by atoms with Crippen molar-refractivity contribution < 1.29 is 17.6 Å². The molecule has 1 unspecified atom stereocenters. The van der Waals surface area contributed by atoms with Crippen molar-refractivity contribution in [1.82, 2.24) is 25.0 Å². The van der Waals surface area contributed by atoms with Crippen LogP contribution in [0.15, 0.2) is 35.3 Å². The van der Waals surface area contributed by atoms with Crippen LogP contribution in [0, 0.1) is 18.7 Å². The summed E-state index contributed by atoms with van der Waals surface area (Å²) in [6.07, 6.45) is -1.47. The first-order valence-corrected chi connectivity index (χ1v) is 8.59. The van der Waals surface area contributed by atoms with E-state index in [1.165, 1.54) is 16.9 Å². The summed E-state index contributed by atoms with van der Waals surface area (Å²) in [7, 11) is 0. The standard InChI is InChI=1S/C18H15F4N5O/c1-9-23-14(7-16(28)24-9)15-8-27(26-25-15)17(10-2-3-10)12-5-4-11(6-13(12)19)18(20,21)22/h4-8,10,17H,2-3H2,1H3,(H,23,24,28). The van der Waals surface area contributed by atoms with Gasteiger partial charge in [-0.2, -0.15) is 13.2 Å². The van der Waals surface area contributed by atoms with Crippen LogP contribution in [0.5, 0.6) is 0 Å². The first-order valence-electron chi connectivity index (χ1n) is 8.59. The fourth-order valence-corrected chi connectivity index (χ4v) is 3.21. The largest absolute Gasteiger partial charge is 0.416 e. The molecule has 0 aliphatic heterocycles. The molecule has 1 N–H and O–H groups in total. The second kappa shape index (κ2) is 6.54. The molecule has 0 bridgehead atoms. The molecule has 1 saturated carbocycles. The number of rotatable bonds is 4. The summed E-state index contributed by atoms with van der Waals surface area (Å²) in [6, 6.07) is 3.22. The molecule has 28 heavy (non-hydrogen) atoms. The zero-order valence-corrected chi connectivity index (χ0v) is 14.7. The number of aryl methyl sites for hydroxylation is 1. The van der Waals surface area contributed by atoms with E-state index >= 15 is 0 Å². The molecule has 6 nitrogen and oxygen atoms in total. The topological polar surface area (TPSA) is 76.5 Å². The normalized spacial score (nSPS) is 15.6. The van der Waals surface area contributed by atoms with E-state index in [4.69, 9.17) is 0 Å². The lowest BCUT2D eigenvalue weighted by Gasteiger charge is -2.18. The Morgan fingerprint density at radius 1 is 1.21 bits per heavy atom. The van der Waals surface area contributed by atoms with Gasteiger partial charge in [0.15, 0.2) is 0 Å². The van der Waals surface area contributed by atoms with Gasteiger partial charge < -0.3 is 4.98 Å². The van der Waals surface area contributed by atoms with Gasteiger partial charge in [0, 0.05) is 11.6 Å². The van der Waals surface area contributed by atoms with E-state index in [0.29, 0.717) is 23.3 Å². The predicted molar refractivity (Wildman–Crippen MR) is 90.9 cm³/mol. The Morgan fingerprint density at radius 2 is 1.96 bits per heavy atom. The van der Waals surface area contributed by atoms with Crippen LogP contribution in [0.3, 0.4) is 0 Å². The molecule has 0 amide bonds. The first-order chi connectivity index (χ1) is 13.2. The zero-order chi connectivity index (χ0) is 20.1. The fraction of sp³-hybridized carbons (Fsp3) is 0.333. The molecule has 3 aromatic rings. The smallest absolute Gasteiger partial charge is 0.311 e. The number of hydrogen-bond donors (Lipinski definition) is 1. The molecule has 2 aromatic heterocycles. The van der Waals surface area contributed by atoms with Crippen molar-refractivity contribution in [2.24, 2.45) is 5.92 Å². The number of aromatic amines is 1. The minimum atomic E-state index is -4.61. The number of nitrogens with zero attached hydrogens (tertiary/aromatic N) is 4. The molecule has 1 fully saturated rings. The number of hydrogen-bond acceptors (Lipinski definition) is 4. The van der Waals surface area contributed by atoms with Crippen molar-refractivity contribution in [3.63, 3.8) is 0 Å². The Balaban J connectivity index is 1.72. The molecule has 1 aromatic carbocycles. The van der Waals surface area contributed by atoms with E-state index in [1.54, 1.807) is 6.92 Å². The second-order valence-corrected chi connectivity index (χ2v) is 6.82. The summed E-state index contributed by atoms with van der Waals surface area (Å²) >= 11 is 0. The summed E-state index contributed by atoms with van der Waals surface area (Å²) in [6.45, 7) is 1.62. The average Bonchev–Trinajstić information content (AvgIpc) is 3.31. The van der Waals surface area contributed by atoms with Crippen LogP contribution >= 0.6 is 0 Å². The summed E-state index contributed by atoms with van der Waals surface area (Å²) in [5.74, 6) is -0.479. The van der Waals surface area contributed by atoms with Gasteiger partial charge in [0.25, 0.3) is 5.56 Å². The molecular formula is C18H15F4N5O. The fourth-order valence-electron chi connectivity index (χ4n) is 3.21. The van der Waals surface area contributed by atoms with Crippen molar-refractivity contribution in [3.8, 4) is 11.4 Å². The van der Waals surface area contributed by atoms with Gasteiger partial charge in [-0.05, 0) is 37.8 Å². The monoisotopic (exact) mass is 393 g/mol. The van der Waals surface area contributed by atoms with Gasteiger partial charge in [-0.1, -0.05) is 11.3 Å². The van der Waals surface area contributed by atoms with E-state index in [1.807, 2.05) is 0 Å². The lowest BCUT2D eigenvalue weighted by molar-refractivity contribution is -0.137. The second-order valence-electron chi connectivity index (χ2n) is 6.82. The van der Waals surface area contributed by atoms with E-state index in [9.17, 15) is 22.4 Å². The van der Waals surface area contributed by atoms with Crippen LogP contribution < -0.4 is 5.56 Å². The Hall–Kier alpha value is -3.04. The third-order valence-corrected chi connectivity index (χ3v) is 4.63. The van der Waals surface area contributed by atoms with Gasteiger partial charge in [0.2, 0.25) is 0 Å². The Kier molecular flexibility index (Phi) is 4.28. The van der Waals surface area contributed by atoms with E-state index in [2.05, 4.69) is 20.3 Å². The van der Waals surface area contributed by atoms with Crippen molar-refractivity contribution in [3.05, 3.63) is 63.6 Å². The van der Waals surface area contributed by atoms with E-state index < -0.39 is 23.6 Å². The molecule has 1 atom stereocenters. The Morgan fingerprint density at radius 3 is 2.57 bits per heavy atom. The lowest BCUT2D eigenvalue weighted by Crippen LogP contribution is -2.16. The zero-order valence-electron chi connectivity index (χ0n) is 14.7. The molecule has 146 valence electrons. The highest BCUT2D eigenvalue weighted by Crippen LogP contribution is 2.44. The Bertz CT molecular complexity index is 1080. The SMILES string of the molecule is Cc1nc(-c2cn(C(c3ccc(C(F)(F)F)cc3F)C3CC3)nn2)cc(=O)[nH]1. The van der Waals surface area contributed by atoms with E-state index in [-0.39, 0.29) is 17.0 Å². The van der Waals surface area contributed by atoms with Crippen LogP contribution in [0.1, 0.15) is 35.8 Å². The number of halogens is 4. The number of aromatic nitrogens is 5. The van der Waals surface area contributed by atoms with Crippen LogP contribution in [-0.2, 0) is 6.18 Å². The summed E-state index contributed by atoms with van der Waals surface area (Å²) < 4.78 is 54.4. The molecule has 10 heteroatoms. The Labute approximate surface area is 156 Å². The molecule has 2 heterocycles. The summed E-state index contributed by atoms with van der Waals surface area (Å²) in [5.41, 5.74) is -0.612. The molecular weight excluding hydrogens is 378 g/mol. The van der Waals surface area contributed by atoms with Gasteiger partial charge in [0.05, 0.1) is 23.5 Å². The molecule has 4 rings (SSSR count). The quantitative estimate of drug-likeness (QED) is 0.689. The minimum Gasteiger partial charge on any atom is -0.311 e. The minimum absolute atomic E-state index is 0.0506. The van der Waals surface area contributed by atoms with Crippen molar-refractivity contribution in [2.75, 3.05) is 0 Å². The third-order valence-electron chi connectivity index (χ3n) is 4.63. The highest BCUT2D eigenvalue weighted by atomic mass is 19.4. The molecule has 0 radical (unpaired) electrons. The van der Waals surface area contributed by atoms with Crippen molar-refractivity contribution in [1.29, 1.82) is 0 Å². The van der Waals surface area contributed by atoms with Crippen LogP contribution in [0.4, 0.5) is 17.6 Å². The van der Waals surface area contributed by atoms with Gasteiger partial charge >= 0.3 is 6.18 Å². The van der Waals surface area contributed by atoms with Gasteiger partial charge in [-0.25, -0.2) is 14.1 Å².